The third-order valence-electron chi connectivity index (χ3n) is 4.08. The van der Waals surface area contributed by atoms with E-state index < -0.39 is 0 Å². The summed E-state index contributed by atoms with van der Waals surface area (Å²) in [7, 11) is 2.18. The number of pyridine rings is 1. The van der Waals surface area contributed by atoms with Crippen molar-refractivity contribution < 1.29 is 4.74 Å². The van der Waals surface area contributed by atoms with Crippen LogP contribution in [0.5, 0.6) is 0 Å². The lowest BCUT2D eigenvalue weighted by atomic mass is 9.98. The largest absolute Gasteiger partial charge is 0.381 e. The molecular formula is C17H29N3O. The second-order valence-corrected chi connectivity index (χ2v) is 6.15. The maximum absolute atomic E-state index is 5.56. The average Bonchev–Trinajstić information content (AvgIpc) is 2.97. The molecule has 1 N–H and O–H groups in total. The van der Waals surface area contributed by atoms with Crippen LogP contribution in [0.25, 0.3) is 0 Å². The highest BCUT2D eigenvalue weighted by Crippen LogP contribution is 2.18. The van der Waals surface area contributed by atoms with Crippen molar-refractivity contribution >= 4 is 0 Å². The zero-order valence-electron chi connectivity index (χ0n) is 13.6. The van der Waals surface area contributed by atoms with Gasteiger partial charge in [-0.3, -0.25) is 9.88 Å². The molecule has 4 nitrogen and oxygen atoms in total. The molecule has 0 saturated carbocycles. The zero-order valence-corrected chi connectivity index (χ0v) is 13.6. The Morgan fingerprint density at radius 1 is 1.48 bits per heavy atom. The molecule has 0 amide bonds. The second-order valence-electron chi connectivity index (χ2n) is 6.15. The first-order valence-electron chi connectivity index (χ1n) is 8.11. The van der Waals surface area contributed by atoms with E-state index in [2.05, 4.69) is 41.3 Å². The fourth-order valence-corrected chi connectivity index (χ4v) is 2.94. The van der Waals surface area contributed by atoms with Crippen LogP contribution in [0, 0.1) is 12.8 Å². The van der Waals surface area contributed by atoms with Crippen molar-refractivity contribution in [2.24, 2.45) is 5.92 Å². The number of likely N-dealkylation sites (N-methyl/N-ethyl adjacent to an activating group) is 1. The molecule has 2 unspecified atom stereocenters. The normalized spacial score (nSPS) is 20.1. The first-order valence-corrected chi connectivity index (χ1v) is 8.11. The zero-order chi connectivity index (χ0) is 15.1. The Hall–Kier alpha value is -0.970. The minimum atomic E-state index is 0.516. The van der Waals surface area contributed by atoms with E-state index in [1.54, 1.807) is 0 Å². The Morgan fingerprint density at radius 2 is 2.33 bits per heavy atom. The van der Waals surface area contributed by atoms with Crippen LogP contribution in [-0.4, -0.2) is 49.3 Å². The van der Waals surface area contributed by atoms with Crippen LogP contribution in [0.1, 0.15) is 31.2 Å². The van der Waals surface area contributed by atoms with Crippen LogP contribution in [0.2, 0.25) is 0 Å². The van der Waals surface area contributed by atoms with E-state index in [0.29, 0.717) is 12.0 Å². The fourth-order valence-electron chi connectivity index (χ4n) is 2.94. The summed E-state index contributed by atoms with van der Waals surface area (Å²) in [5.74, 6) is 0.643. The van der Waals surface area contributed by atoms with E-state index in [4.69, 9.17) is 4.74 Å². The van der Waals surface area contributed by atoms with Gasteiger partial charge in [-0.05, 0) is 45.5 Å². The molecule has 0 aliphatic carbocycles. The summed E-state index contributed by atoms with van der Waals surface area (Å²) < 4.78 is 5.56. The third-order valence-corrected chi connectivity index (χ3v) is 4.08. The summed E-state index contributed by atoms with van der Waals surface area (Å²) in [4.78, 5) is 6.96. The van der Waals surface area contributed by atoms with Crippen LogP contribution in [-0.2, 0) is 11.3 Å². The van der Waals surface area contributed by atoms with Gasteiger partial charge in [0.15, 0.2) is 0 Å². The molecular weight excluding hydrogens is 262 g/mol. The number of nitrogens with zero attached hydrogens (tertiary/aromatic N) is 2. The SMILES string of the molecule is CCCNC(CN(C)Cc1cccc(C)n1)C1CCOC1. The van der Waals surface area contributed by atoms with Crippen molar-refractivity contribution in [1.82, 2.24) is 15.2 Å². The van der Waals surface area contributed by atoms with Crippen LogP contribution in [0.15, 0.2) is 18.2 Å². The standard InChI is InChI=1S/C17H29N3O/c1-4-9-18-17(15-8-10-21-13-15)12-20(3)11-16-7-5-6-14(2)19-16/h5-7,15,17-18H,4,8-13H2,1-3H3. The second kappa shape index (κ2) is 8.47. The molecule has 0 radical (unpaired) electrons. The lowest BCUT2D eigenvalue weighted by Crippen LogP contribution is -2.45. The van der Waals surface area contributed by atoms with Gasteiger partial charge in [0.1, 0.15) is 0 Å². The van der Waals surface area contributed by atoms with E-state index in [-0.39, 0.29) is 0 Å². The molecule has 1 saturated heterocycles. The van der Waals surface area contributed by atoms with E-state index in [0.717, 1.165) is 44.2 Å². The highest BCUT2D eigenvalue weighted by atomic mass is 16.5. The summed E-state index contributed by atoms with van der Waals surface area (Å²) in [6.45, 7) is 9.11. The summed E-state index contributed by atoms with van der Waals surface area (Å²) >= 11 is 0. The molecule has 4 heteroatoms. The number of aromatic nitrogens is 1. The molecule has 0 bridgehead atoms. The van der Waals surface area contributed by atoms with Crippen LogP contribution >= 0.6 is 0 Å². The molecule has 1 aliphatic heterocycles. The minimum absolute atomic E-state index is 0.516. The van der Waals surface area contributed by atoms with Crippen molar-refractivity contribution in [3.63, 3.8) is 0 Å². The maximum atomic E-state index is 5.56. The monoisotopic (exact) mass is 291 g/mol. The van der Waals surface area contributed by atoms with Crippen molar-refractivity contribution in [3.05, 3.63) is 29.6 Å². The van der Waals surface area contributed by atoms with Gasteiger partial charge in [0, 0.05) is 37.4 Å². The molecule has 0 aromatic carbocycles. The topological polar surface area (TPSA) is 37.4 Å². The smallest absolute Gasteiger partial charge is 0.0547 e. The lowest BCUT2D eigenvalue weighted by molar-refractivity contribution is 0.165. The first-order chi connectivity index (χ1) is 10.2. The predicted molar refractivity (Wildman–Crippen MR) is 86.3 cm³/mol. The van der Waals surface area contributed by atoms with Gasteiger partial charge in [-0.15, -0.1) is 0 Å². The molecule has 21 heavy (non-hydrogen) atoms. The van der Waals surface area contributed by atoms with Crippen molar-refractivity contribution in [3.8, 4) is 0 Å². The van der Waals surface area contributed by atoms with E-state index in [1.807, 2.05) is 13.0 Å². The number of aryl methyl sites for hydroxylation is 1. The van der Waals surface area contributed by atoms with Crippen LogP contribution in [0.4, 0.5) is 0 Å². The Labute approximate surface area is 128 Å². The molecule has 0 spiro atoms. The Kier molecular flexibility index (Phi) is 6.61. The number of hydrogen-bond acceptors (Lipinski definition) is 4. The van der Waals surface area contributed by atoms with Gasteiger partial charge in [0.2, 0.25) is 0 Å². The maximum Gasteiger partial charge on any atom is 0.0547 e. The summed E-state index contributed by atoms with van der Waals surface area (Å²) in [6.07, 6.45) is 2.35. The summed E-state index contributed by atoms with van der Waals surface area (Å²) in [5, 5.41) is 3.70. The number of rotatable bonds is 8. The molecule has 2 rings (SSSR count). The summed E-state index contributed by atoms with van der Waals surface area (Å²) in [5.41, 5.74) is 2.24. The Morgan fingerprint density at radius 3 is 3.00 bits per heavy atom. The highest BCUT2D eigenvalue weighted by Gasteiger charge is 2.26. The molecule has 1 aliphatic rings. The summed E-state index contributed by atoms with van der Waals surface area (Å²) in [6, 6.07) is 6.76. The van der Waals surface area contributed by atoms with Gasteiger partial charge in [-0.25, -0.2) is 0 Å². The molecule has 2 heterocycles. The van der Waals surface area contributed by atoms with Crippen molar-refractivity contribution in [2.75, 3.05) is 33.4 Å². The number of hydrogen-bond donors (Lipinski definition) is 1. The minimum Gasteiger partial charge on any atom is -0.381 e. The number of ether oxygens (including phenoxy) is 1. The molecule has 2 atom stereocenters. The molecule has 1 fully saturated rings. The number of nitrogens with one attached hydrogen (secondary N) is 1. The van der Waals surface area contributed by atoms with Gasteiger partial charge in [-0.1, -0.05) is 13.0 Å². The van der Waals surface area contributed by atoms with Crippen LogP contribution < -0.4 is 5.32 Å². The Balaban J connectivity index is 1.88. The van der Waals surface area contributed by atoms with Crippen LogP contribution in [0.3, 0.4) is 0 Å². The van der Waals surface area contributed by atoms with Crippen molar-refractivity contribution in [2.45, 2.75) is 39.3 Å². The first kappa shape index (κ1) is 16.4. The lowest BCUT2D eigenvalue weighted by Gasteiger charge is -2.28. The van der Waals surface area contributed by atoms with Gasteiger partial charge < -0.3 is 10.1 Å². The van der Waals surface area contributed by atoms with Gasteiger partial charge in [0.05, 0.1) is 12.3 Å². The average molecular weight is 291 g/mol. The fraction of sp³-hybridized carbons (Fsp3) is 0.706. The quantitative estimate of drug-likeness (QED) is 0.797. The van der Waals surface area contributed by atoms with E-state index in [1.165, 1.54) is 12.8 Å². The van der Waals surface area contributed by atoms with E-state index in [9.17, 15) is 0 Å². The molecule has 118 valence electrons. The molecule has 1 aromatic rings. The molecule has 1 aromatic heterocycles. The van der Waals surface area contributed by atoms with Crippen molar-refractivity contribution in [1.29, 1.82) is 0 Å². The van der Waals surface area contributed by atoms with Gasteiger partial charge >= 0.3 is 0 Å². The third kappa shape index (κ3) is 5.38. The Bertz CT molecular complexity index is 418. The van der Waals surface area contributed by atoms with Gasteiger partial charge in [0.25, 0.3) is 0 Å². The van der Waals surface area contributed by atoms with E-state index >= 15 is 0 Å². The van der Waals surface area contributed by atoms with Gasteiger partial charge in [-0.2, -0.15) is 0 Å². The predicted octanol–water partition coefficient (Wildman–Crippen LogP) is 2.23. The highest BCUT2D eigenvalue weighted by molar-refractivity contribution is 5.09.